The van der Waals surface area contributed by atoms with Crippen molar-refractivity contribution < 1.29 is 42.8 Å². The maximum atomic E-state index is 11.7. The smallest absolute Gasteiger partial charge is 0.305 e. The van der Waals surface area contributed by atoms with Gasteiger partial charge < -0.3 is 28.4 Å². The molecule has 152 valence electrons. The average Bonchev–Trinajstić information content (AvgIpc) is 2.64. The van der Waals surface area contributed by atoms with Crippen LogP contribution in [0.1, 0.15) is 32.6 Å². The van der Waals surface area contributed by atoms with Gasteiger partial charge in [-0.05, 0) is 0 Å². The van der Waals surface area contributed by atoms with Gasteiger partial charge in [0, 0.05) is 26.3 Å². The minimum atomic E-state index is -1.26. The molecule has 3 unspecified atom stereocenters. The number of fused-ring (bicyclic) bond motifs is 1. The van der Waals surface area contributed by atoms with Crippen molar-refractivity contribution in [3.8, 4) is 0 Å². The molecule has 28 heavy (non-hydrogen) atoms. The fourth-order valence-electron chi connectivity index (χ4n) is 3.23. The van der Waals surface area contributed by atoms with E-state index in [2.05, 4.69) is 0 Å². The minimum absolute atomic E-state index is 0.104. The van der Waals surface area contributed by atoms with E-state index in [0.29, 0.717) is 0 Å². The second-order valence-corrected chi connectivity index (χ2v) is 6.48. The van der Waals surface area contributed by atoms with E-state index < -0.39 is 54.9 Å². The van der Waals surface area contributed by atoms with E-state index in [-0.39, 0.29) is 6.61 Å². The summed E-state index contributed by atoms with van der Waals surface area (Å²) in [5.74, 6) is -1.88. The molecule has 1 aromatic carbocycles. The molecule has 0 saturated carbocycles. The van der Waals surface area contributed by atoms with Gasteiger partial charge in [0.25, 0.3) is 0 Å². The lowest BCUT2D eigenvalue weighted by molar-refractivity contribution is -0.356. The Morgan fingerprint density at radius 2 is 1.46 bits per heavy atom. The zero-order valence-corrected chi connectivity index (χ0v) is 15.7. The normalized spacial score (nSPS) is 32.0. The lowest BCUT2D eigenvalue weighted by Crippen LogP contribution is -2.64. The van der Waals surface area contributed by atoms with Gasteiger partial charge in [0.15, 0.2) is 12.4 Å². The van der Waals surface area contributed by atoms with Crippen LogP contribution in [0, 0.1) is 0 Å². The molecule has 0 spiro atoms. The predicted octanol–water partition coefficient (Wildman–Crippen LogP) is 1.25. The van der Waals surface area contributed by atoms with Gasteiger partial charge in [-0.1, -0.05) is 30.3 Å². The first-order valence-electron chi connectivity index (χ1n) is 8.84. The number of benzene rings is 1. The zero-order chi connectivity index (χ0) is 20.3. The van der Waals surface area contributed by atoms with Gasteiger partial charge >= 0.3 is 17.9 Å². The van der Waals surface area contributed by atoms with Gasteiger partial charge in [0.2, 0.25) is 12.4 Å². The van der Waals surface area contributed by atoms with E-state index in [0.717, 1.165) is 5.56 Å². The van der Waals surface area contributed by atoms with Crippen molar-refractivity contribution in [2.45, 2.75) is 57.8 Å². The summed E-state index contributed by atoms with van der Waals surface area (Å²) in [6.07, 6.45) is -5.68. The molecule has 0 radical (unpaired) electrons. The Labute approximate surface area is 161 Å². The Balaban J connectivity index is 1.88. The Morgan fingerprint density at radius 3 is 2.07 bits per heavy atom. The highest BCUT2D eigenvalue weighted by Gasteiger charge is 2.54. The van der Waals surface area contributed by atoms with Gasteiger partial charge in [0.1, 0.15) is 12.2 Å². The molecule has 0 aliphatic carbocycles. The molecule has 0 aromatic heterocycles. The number of carbonyl (C=O) groups is 3. The van der Waals surface area contributed by atoms with Crippen LogP contribution in [0.4, 0.5) is 0 Å². The van der Waals surface area contributed by atoms with E-state index in [1.54, 1.807) is 0 Å². The first-order chi connectivity index (χ1) is 13.3. The van der Waals surface area contributed by atoms with Crippen LogP contribution in [0.2, 0.25) is 0 Å². The second-order valence-electron chi connectivity index (χ2n) is 6.48. The number of hydrogen-bond acceptors (Lipinski definition) is 9. The highest BCUT2D eigenvalue weighted by Crippen LogP contribution is 2.36. The van der Waals surface area contributed by atoms with Crippen molar-refractivity contribution in [1.29, 1.82) is 0 Å². The van der Waals surface area contributed by atoms with E-state index in [4.69, 9.17) is 28.4 Å². The first-order valence-corrected chi connectivity index (χ1v) is 8.84. The topological polar surface area (TPSA) is 107 Å². The van der Waals surface area contributed by atoms with E-state index in [9.17, 15) is 14.4 Å². The van der Waals surface area contributed by atoms with Crippen LogP contribution in [0.3, 0.4) is 0 Å². The summed E-state index contributed by atoms with van der Waals surface area (Å²) in [6, 6.07) is 9.21. The predicted molar refractivity (Wildman–Crippen MR) is 91.5 cm³/mol. The molecule has 1 aromatic rings. The van der Waals surface area contributed by atoms with E-state index in [1.165, 1.54) is 20.8 Å². The van der Waals surface area contributed by atoms with Crippen molar-refractivity contribution in [3.63, 3.8) is 0 Å². The monoisotopic (exact) mass is 394 g/mol. The zero-order valence-electron chi connectivity index (χ0n) is 15.7. The van der Waals surface area contributed by atoms with Crippen molar-refractivity contribution >= 4 is 17.9 Å². The van der Waals surface area contributed by atoms with Crippen LogP contribution in [0.25, 0.3) is 0 Å². The van der Waals surface area contributed by atoms with Crippen molar-refractivity contribution in [2.24, 2.45) is 0 Å². The number of esters is 3. The Bertz CT molecular complexity index is 719. The van der Waals surface area contributed by atoms with Crippen LogP contribution in [-0.4, -0.2) is 55.2 Å². The fraction of sp³-hybridized carbons (Fsp3) is 0.526. The number of carbonyl (C=O) groups excluding carboxylic acids is 3. The lowest BCUT2D eigenvalue weighted by Gasteiger charge is -2.47. The van der Waals surface area contributed by atoms with Crippen molar-refractivity contribution in [1.82, 2.24) is 0 Å². The SMILES string of the molecule is CC(=O)OC1[C@@H](OC(C)=O)OC2COC(c3ccccc3)O[C@H]2[C@H]1OC(C)=O. The average molecular weight is 394 g/mol. The van der Waals surface area contributed by atoms with E-state index >= 15 is 0 Å². The molecule has 0 amide bonds. The summed E-state index contributed by atoms with van der Waals surface area (Å²) in [4.78, 5) is 34.8. The molecule has 2 aliphatic heterocycles. The summed E-state index contributed by atoms with van der Waals surface area (Å²) < 4.78 is 33.3. The van der Waals surface area contributed by atoms with Gasteiger partial charge in [-0.3, -0.25) is 14.4 Å². The largest absolute Gasteiger partial charge is 0.455 e. The molecular weight excluding hydrogens is 372 g/mol. The molecule has 2 saturated heterocycles. The molecule has 9 heteroatoms. The van der Waals surface area contributed by atoms with Crippen molar-refractivity contribution in [2.75, 3.05) is 6.61 Å². The highest BCUT2D eigenvalue weighted by molar-refractivity contribution is 5.68. The van der Waals surface area contributed by atoms with Gasteiger partial charge in [-0.15, -0.1) is 0 Å². The molecule has 0 N–H and O–H groups in total. The molecule has 0 bridgehead atoms. The summed E-state index contributed by atoms with van der Waals surface area (Å²) >= 11 is 0. The molecule has 2 aliphatic rings. The summed E-state index contributed by atoms with van der Waals surface area (Å²) in [5, 5.41) is 0. The Morgan fingerprint density at radius 1 is 0.857 bits per heavy atom. The number of rotatable bonds is 4. The van der Waals surface area contributed by atoms with Gasteiger partial charge in [-0.2, -0.15) is 0 Å². The van der Waals surface area contributed by atoms with Crippen molar-refractivity contribution in [3.05, 3.63) is 35.9 Å². The van der Waals surface area contributed by atoms with Crippen LogP contribution in [0.15, 0.2) is 30.3 Å². The quantitative estimate of drug-likeness (QED) is 0.551. The highest BCUT2D eigenvalue weighted by atomic mass is 16.8. The summed E-state index contributed by atoms with van der Waals surface area (Å²) in [6.45, 7) is 3.72. The van der Waals surface area contributed by atoms with E-state index in [1.807, 2.05) is 30.3 Å². The number of hydrogen-bond donors (Lipinski definition) is 0. The van der Waals surface area contributed by atoms with Crippen LogP contribution >= 0.6 is 0 Å². The second kappa shape index (κ2) is 8.68. The van der Waals surface area contributed by atoms with Crippen LogP contribution < -0.4 is 0 Å². The fourth-order valence-corrected chi connectivity index (χ4v) is 3.23. The lowest BCUT2D eigenvalue weighted by atomic mass is 9.97. The van der Waals surface area contributed by atoms with Gasteiger partial charge in [-0.25, -0.2) is 0 Å². The van der Waals surface area contributed by atoms with Crippen LogP contribution in [0.5, 0.6) is 0 Å². The number of ether oxygens (including phenoxy) is 6. The van der Waals surface area contributed by atoms with Gasteiger partial charge in [0.05, 0.1) is 6.61 Å². The summed E-state index contributed by atoms with van der Waals surface area (Å²) in [7, 11) is 0. The molecule has 9 nitrogen and oxygen atoms in total. The van der Waals surface area contributed by atoms with Crippen LogP contribution in [-0.2, 0) is 42.8 Å². The first kappa shape index (κ1) is 20.2. The molecular formula is C19H22O9. The molecule has 2 fully saturated rings. The Kier molecular flexibility index (Phi) is 6.28. The maximum Gasteiger partial charge on any atom is 0.305 e. The molecule has 6 atom stereocenters. The molecule has 2 heterocycles. The summed E-state index contributed by atoms with van der Waals surface area (Å²) in [5.41, 5.74) is 0.772. The minimum Gasteiger partial charge on any atom is -0.455 e. The standard InChI is InChI=1S/C19H22O9/c1-10(20)24-16-15-14(9-23-18(28-15)13-7-5-4-6-8-13)27-19(26-12(3)22)17(16)25-11(2)21/h4-8,14-19H,9H2,1-3H3/t14?,15-,16-,17?,18?,19+/m1/s1. The Hall–Kier alpha value is -2.49. The molecule has 3 rings (SSSR count). The third-order valence-corrected chi connectivity index (χ3v) is 4.24. The maximum absolute atomic E-state index is 11.7. The third kappa shape index (κ3) is 4.67. The third-order valence-electron chi connectivity index (χ3n) is 4.24.